The number of hydrogen-bond donors (Lipinski definition) is 0. The molecule has 0 aromatic rings. The Labute approximate surface area is 65.5 Å². The molecule has 5 heavy (non-hydrogen) atoms. The maximum atomic E-state index is 8.41. The summed E-state index contributed by atoms with van der Waals surface area (Å²) in [6.07, 6.45) is 0. The molecule has 0 aliphatic rings. The zero-order valence-electron chi connectivity index (χ0n) is 3.90. The Bertz CT molecular complexity index is 36.7. The van der Waals surface area contributed by atoms with Crippen molar-refractivity contribution in [3.8, 4) is 0 Å². The summed E-state index contributed by atoms with van der Waals surface area (Å²) in [5, 5.41) is 0. The van der Waals surface area contributed by atoms with Crippen molar-refractivity contribution in [1.29, 1.82) is 0 Å². The Morgan fingerprint density at radius 3 is 1.40 bits per heavy atom. The van der Waals surface area contributed by atoms with Gasteiger partial charge in [0.15, 0.2) is 17.4 Å². The molecular formula is H5AlMgMnO2. The normalized spacial score (nSPS) is 2.40. The zero-order chi connectivity index (χ0) is 2.71. The van der Waals surface area contributed by atoms with Crippen molar-refractivity contribution < 1.29 is 25.3 Å². The second kappa shape index (κ2) is 18.1. The van der Waals surface area contributed by atoms with Crippen molar-refractivity contribution in [2.45, 2.75) is 0 Å². The van der Waals surface area contributed by atoms with Gasteiger partial charge >= 0.3 is 45.5 Å². The molecule has 0 unspecified atom stereocenters. The van der Waals surface area contributed by atoms with Gasteiger partial charge in [0, 0.05) is 0 Å². The summed E-state index contributed by atoms with van der Waals surface area (Å²) in [6, 6.07) is 0. The van der Waals surface area contributed by atoms with Crippen LogP contribution in [0.4, 0.5) is 0 Å². The molecule has 5 heteroatoms. The molecule has 0 aromatic heterocycles. The third kappa shape index (κ3) is 31.5. The van der Waals surface area contributed by atoms with Crippen LogP contribution >= 0.6 is 0 Å². The van der Waals surface area contributed by atoms with Crippen LogP contribution in [-0.2, 0) is 22.5 Å². The first-order valence-corrected chi connectivity index (χ1v) is 1.27. The Kier molecular flexibility index (Phi) is 58.3. The van der Waals surface area contributed by atoms with E-state index in [-0.39, 0.29) is 43.3 Å². The van der Waals surface area contributed by atoms with Crippen LogP contribution in [-0.4, -0.2) is 40.4 Å². The molecule has 0 fully saturated rings. The quantitative estimate of drug-likeness (QED) is 0.384. The van der Waals surface area contributed by atoms with Gasteiger partial charge in [0.25, 0.3) is 0 Å². The van der Waals surface area contributed by atoms with Crippen molar-refractivity contribution in [2.75, 3.05) is 0 Å². The Morgan fingerprint density at radius 1 is 1.40 bits per heavy atom. The fourth-order valence-electron chi connectivity index (χ4n) is 0. The van der Waals surface area contributed by atoms with Crippen molar-refractivity contribution in [2.24, 2.45) is 0 Å². The van der Waals surface area contributed by atoms with Crippen LogP contribution in [0.1, 0.15) is 2.85 Å². The van der Waals surface area contributed by atoms with E-state index in [0.29, 0.717) is 0 Å². The van der Waals surface area contributed by atoms with E-state index in [0.717, 1.165) is 0 Å². The molecule has 0 aliphatic heterocycles. The Morgan fingerprint density at radius 2 is 1.40 bits per heavy atom. The third-order valence-electron chi connectivity index (χ3n) is 0. The molecule has 0 rings (SSSR count). The van der Waals surface area contributed by atoms with Gasteiger partial charge in [0.1, 0.15) is 0 Å². The minimum absolute atomic E-state index is 0. The minimum atomic E-state index is -1.44. The molecule has 0 saturated heterocycles. The molecule has 0 aromatic carbocycles. The molecule has 0 N–H and O–H groups in total. The fraction of sp³-hybridized carbons (Fsp3) is 0. The van der Waals surface area contributed by atoms with Gasteiger partial charge in [0.2, 0.25) is 0 Å². The topological polar surface area (TPSA) is 34.1 Å². The third-order valence-corrected chi connectivity index (χ3v) is 0. The van der Waals surface area contributed by atoms with Crippen LogP contribution in [0.5, 0.6) is 0 Å². The van der Waals surface area contributed by atoms with E-state index < -0.39 is 14.8 Å². The SMILES string of the molecule is [AlH3].[H-].[H-].[Mg+2].[O]=[Mn]=[O]. The first-order chi connectivity index (χ1) is 1.41. The molecule has 29 valence electrons. The molecule has 0 amide bonds. The molecule has 0 radical (unpaired) electrons. The van der Waals surface area contributed by atoms with Crippen LogP contribution in [0.2, 0.25) is 0 Å². The van der Waals surface area contributed by atoms with E-state index in [1.807, 2.05) is 0 Å². The fourth-order valence-corrected chi connectivity index (χ4v) is 0. The van der Waals surface area contributed by atoms with Crippen LogP contribution < -0.4 is 0 Å². The van der Waals surface area contributed by atoms with E-state index in [9.17, 15) is 0 Å². The summed E-state index contributed by atoms with van der Waals surface area (Å²) < 4.78 is 16.8. The molecule has 0 saturated carbocycles. The van der Waals surface area contributed by atoms with E-state index in [1.165, 1.54) is 0 Å². The number of hydrogen-bond acceptors (Lipinski definition) is 2. The molecule has 2 nitrogen and oxygen atoms in total. The van der Waals surface area contributed by atoms with Crippen LogP contribution in [0.3, 0.4) is 0 Å². The molecule has 0 heterocycles. The summed E-state index contributed by atoms with van der Waals surface area (Å²) in [7, 11) is 0. The molecule has 0 aliphatic carbocycles. The van der Waals surface area contributed by atoms with E-state index in [1.54, 1.807) is 0 Å². The van der Waals surface area contributed by atoms with E-state index in [2.05, 4.69) is 0 Å². The molecular weight excluding hydrogens is 138 g/mol. The first-order valence-electron chi connectivity index (χ1n) is 0.309. The molecule has 0 atom stereocenters. The van der Waals surface area contributed by atoms with Gasteiger partial charge in [-0.15, -0.1) is 0 Å². The second-order valence-electron chi connectivity index (χ2n) is 0.0630. The second-order valence-corrected chi connectivity index (χ2v) is 0.260. The molecule has 0 spiro atoms. The van der Waals surface area contributed by atoms with Gasteiger partial charge in [-0.3, -0.25) is 0 Å². The van der Waals surface area contributed by atoms with Crippen LogP contribution in [0.25, 0.3) is 0 Å². The predicted octanol–water partition coefficient (Wildman–Crippen LogP) is -1.58. The van der Waals surface area contributed by atoms with Gasteiger partial charge in [0.05, 0.1) is 0 Å². The Hall–Kier alpha value is 1.42. The van der Waals surface area contributed by atoms with Gasteiger partial charge in [-0.05, 0) is 0 Å². The van der Waals surface area contributed by atoms with E-state index >= 15 is 0 Å². The van der Waals surface area contributed by atoms with Crippen LogP contribution in [0, 0.1) is 0 Å². The summed E-state index contributed by atoms with van der Waals surface area (Å²) in [5.74, 6) is 0. The Balaban J connectivity index is -0.00000000333. The van der Waals surface area contributed by atoms with Gasteiger partial charge in [-0.25, -0.2) is 0 Å². The summed E-state index contributed by atoms with van der Waals surface area (Å²) >= 11 is -1.44. The van der Waals surface area contributed by atoms with Gasteiger partial charge in [-0.2, -0.15) is 0 Å². The van der Waals surface area contributed by atoms with Gasteiger partial charge < -0.3 is 2.85 Å². The number of rotatable bonds is 0. The standard InChI is InChI=1S/Al.Mg.Mn.2O.5H/q;+2;;;;;;;2*-1. The monoisotopic (exact) mass is 143 g/mol. The van der Waals surface area contributed by atoms with Crippen molar-refractivity contribution in [3.63, 3.8) is 0 Å². The van der Waals surface area contributed by atoms with Crippen molar-refractivity contribution in [1.82, 2.24) is 0 Å². The average molecular weight is 143 g/mol. The summed E-state index contributed by atoms with van der Waals surface area (Å²) in [5.41, 5.74) is 0. The average Bonchev–Trinajstić information content (AvgIpc) is 0.918. The zero-order valence-corrected chi connectivity index (χ0v) is 4.50. The van der Waals surface area contributed by atoms with Crippen LogP contribution in [0.15, 0.2) is 0 Å². The maximum absolute atomic E-state index is 8.41. The molecule has 0 bridgehead atoms. The predicted molar refractivity (Wildman–Crippen MR) is 19.3 cm³/mol. The van der Waals surface area contributed by atoms with Crippen molar-refractivity contribution >= 4 is 40.4 Å². The first kappa shape index (κ1) is 16.1. The van der Waals surface area contributed by atoms with Crippen molar-refractivity contribution in [3.05, 3.63) is 0 Å². The van der Waals surface area contributed by atoms with Gasteiger partial charge in [-0.1, -0.05) is 0 Å². The van der Waals surface area contributed by atoms with E-state index in [4.69, 9.17) is 7.67 Å². The summed E-state index contributed by atoms with van der Waals surface area (Å²) in [4.78, 5) is 0. The summed E-state index contributed by atoms with van der Waals surface area (Å²) in [6.45, 7) is 0.